The minimum atomic E-state index is -0.0316. The number of nitrogens with one attached hydrogen (secondary N) is 5. The van der Waals surface area contributed by atoms with Crippen molar-refractivity contribution in [3.05, 3.63) is 0 Å². The highest BCUT2D eigenvalue weighted by atomic mass is 32.2. The Morgan fingerprint density at radius 2 is 0.685 bits per heavy atom. The van der Waals surface area contributed by atoms with Gasteiger partial charge >= 0.3 is 12.0 Å². The average molecular weight is 1850 g/mol. The fourth-order valence-electron chi connectivity index (χ4n) is 13.6. The van der Waals surface area contributed by atoms with E-state index in [4.69, 9.17) is 68.2 Å². The molecule has 11 aliphatic heterocycles. The molecule has 0 spiro atoms. The van der Waals surface area contributed by atoms with E-state index in [0.717, 1.165) is 167 Å². The Labute approximate surface area is 784 Å². The summed E-state index contributed by atoms with van der Waals surface area (Å²) in [6.07, 6.45) is 15.8. The third kappa shape index (κ3) is 43.3. The molecule has 8 saturated heterocycles. The average Bonchev–Trinajstić information content (AvgIpc) is 1.83. The van der Waals surface area contributed by atoms with Crippen LogP contribution >= 0.6 is 47.0 Å². The molecule has 8 fully saturated rings. The van der Waals surface area contributed by atoms with Crippen LogP contribution in [0.1, 0.15) is 267 Å². The van der Waals surface area contributed by atoms with Gasteiger partial charge in [-0.3, -0.25) is 41.5 Å². The molecular formula is C89H167N31O3S4. The lowest BCUT2D eigenvalue weighted by molar-refractivity contribution is 0.110. The molecule has 0 radical (unpaired) electrons. The number of nitrogens with zero attached hydrogens (tertiary/aromatic N) is 24. The predicted molar refractivity (Wildman–Crippen MR) is 537 cm³/mol. The highest BCUT2D eigenvalue weighted by Gasteiger charge is 2.37. The summed E-state index contributed by atoms with van der Waals surface area (Å²) in [7, 11) is 1.84. The van der Waals surface area contributed by atoms with Gasteiger partial charge in [-0.25, -0.2) is 0 Å². The second kappa shape index (κ2) is 53.1. The predicted octanol–water partition coefficient (Wildman–Crippen LogP) is 14.2. The molecule has 720 valence electrons. The SMILES string of the molecule is CC(C)(C)N1CCCN=C1N.CC(C)(C)N1CCCOC1=N.CC(C)(C)N1CCCOC1=NC#N.CC(C)(C)N1CCCSC1=N.CC(C)(C)N1CCCSC1=NC#N.CC(C)(C)N1CCN=C1N.CC(C)(C)N1CCN=C1NC#N.CC(C)(C)N1CCOC1=NC#N.CC(C)(C)N1CCSC1=N.CC(C)(C)N1CCSC1=NC#N.CN=C1NCCCN1C(C)(C)C. The molecule has 0 aromatic rings. The maximum Gasteiger partial charge on any atom is 0.303 e. The van der Waals surface area contributed by atoms with Crippen LogP contribution in [0.2, 0.25) is 0 Å². The molecule has 127 heavy (non-hydrogen) atoms. The molecule has 0 saturated carbocycles. The zero-order valence-corrected chi connectivity index (χ0v) is 87.8. The van der Waals surface area contributed by atoms with Crippen LogP contribution in [-0.2, 0) is 14.2 Å². The largest absolute Gasteiger partial charge is 0.465 e. The van der Waals surface area contributed by atoms with Gasteiger partial charge in [0.25, 0.3) is 6.02 Å². The number of amidine groups is 7. The van der Waals surface area contributed by atoms with Gasteiger partial charge in [-0.15, -0.1) is 20.0 Å². The molecular weight excluding hydrogens is 1680 g/mol. The van der Waals surface area contributed by atoms with Gasteiger partial charge in [0.15, 0.2) is 44.7 Å². The molecule has 9 N–H and O–H groups in total. The number of aliphatic imine (C=N–C) groups is 8. The Morgan fingerprint density at radius 1 is 0.346 bits per heavy atom. The Balaban J connectivity index is 0.000000699. The molecule has 38 heteroatoms. The lowest BCUT2D eigenvalue weighted by Gasteiger charge is -2.41. The van der Waals surface area contributed by atoms with Gasteiger partial charge in [0.05, 0.1) is 32.8 Å². The normalized spacial score (nSPS) is 20.5. The number of rotatable bonds is 0. The summed E-state index contributed by atoms with van der Waals surface area (Å²) >= 11 is 6.64. The minimum Gasteiger partial charge on any atom is -0.465 e. The van der Waals surface area contributed by atoms with Crippen molar-refractivity contribution in [1.29, 1.82) is 42.5 Å². The second-order valence-corrected chi connectivity index (χ2v) is 46.2. The number of hydrogen-bond acceptors (Lipinski definition) is 29. The molecule has 0 aliphatic carbocycles. The number of nitriles is 5. The van der Waals surface area contributed by atoms with Gasteiger partial charge in [0, 0.05) is 170 Å². The monoisotopic (exact) mass is 1850 g/mol. The molecule has 34 nitrogen and oxygen atoms in total. The summed E-state index contributed by atoms with van der Waals surface area (Å²) in [4.78, 5) is 54.9. The highest BCUT2D eigenvalue weighted by Crippen LogP contribution is 2.30. The molecule has 0 aromatic carbocycles. The molecule has 11 rings (SSSR count). The summed E-state index contributed by atoms with van der Waals surface area (Å²) in [5, 5.41) is 74.1. The third-order valence-corrected chi connectivity index (χ3v) is 24.0. The van der Waals surface area contributed by atoms with Crippen LogP contribution in [0, 0.1) is 73.5 Å². The standard InChI is InChI=1S/C9H15N3O.C9H15N3S.C9H19N3.C8H14N4.C8H13N3O.C8H13N3S.C8H17N3.C8H16N2O.C8H16N2S.C7H15N3.C7H14N2S/c2*1-9(2,3)12-5-4-6-13-8(12)11-7-10;1-9(2,3)12-7-5-6-11-8(12)10-4;1-8(2,3)12-5-4-10-7(12)11-6-9;2*1-8(2,3)11-4-5-12-7(11)10-6-9;1-8(2,3)11-6-4-5-10-7(11)9;2*1-8(2,3)10-5-4-6-11-7(10)9;1-7(2,3)10-5-4-9-6(10)8;1-7(2,3)9-4-5-10-6(9)8/h2*4-6H2,1-3H3;5-7H2,1-4H3,(H,10,11);4-5H2,1-3H3,(H,10,11);2*4-5H2,1-3H3;4-6H2,1-3H3,(H2,9,10);2*9H,4-6H2,1-3H3;4-5H2,1-3H3,(H2,8,9);8H,4-5H2,1-3H3. The van der Waals surface area contributed by atoms with Gasteiger partial charge in [-0.05, 0) is 267 Å². The minimum absolute atomic E-state index is 0.0216. The number of hydrogen-bond donors (Lipinski definition) is 7. The van der Waals surface area contributed by atoms with Crippen molar-refractivity contribution in [3.63, 3.8) is 0 Å². The van der Waals surface area contributed by atoms with E-state index in [0.29, 0.717) is 55.8 Å². The Kier molecular flexibility index (Phi) is 48.7. The molecule has 0 aromatic heterocycles. The smallest absolute Gasteiger partial charge is 0.303 e. The topological polar surface area (TPSA) is 429 Å². The van der Waals surface area contributed by atoms with Crippen LogP contribution in [-0.4, -0.2) is 325 Å². The molecule has 0 atom stereocenters. The van der Waals surface area contributed by atoms with E-state index in [9.17, 15) is 0 Å². The fraction of sp³-hybridized carbons (Fsp3) is 0.820. The quantitative estimate of drug-likeness (QED) is 0.0875. The zero-order chi connectivity index (χ0) is 97.6. The molecule has 11 heterocycles. The second-order valence-electron chi connectivity index (χ2n) is 41.9. The fourth-order valence-corrected chi connectivity index (χ4v) is 17.8. The van der Waals surface area contributed by atoms with Crippen LogP contribution < -0.4 is 22.1 Å². The number of nitrogens with two attached hydrogens (primary N) is 2. The first kappa shape index (κ1) is 117. The summed E-state index contributed by atoms with van der Waals surface area (Å²) in [6.45, 7) is 86.6. The summed E-state index contributed by atoms with van der Waals surface area (Å²) < 4.78 is 15.6. The number of thioether (sulfide) groups is 4. The highest BCUT2D eigenvalue weighted by molar-refractivity contribution is 8.14. The first-order valence-corrected chi connectivity index (χ1v) is 48.4. The first-order valence-electron chi connectivity index (χ1n) is 44.5. The van der Waals surface area contributed by atoms with Crippen LogP contribution in [0.4, 0.5) is 0 Å². The molecule has 0 unspecified atom stereocenters. The maximum atomic E-state index is 8.52. The van der Waals surface area contributed by atoms with Crippen molar-refractivity contribution in [2.24, 2.45) is 51.4 Å². The van der Waals surface area contributed by atoms with Crippen LogP contribution in [0.25, 0.3) is 0 Å². The molecule has 0 bridgehead atoms. The molecule has 11 aliphatic rings. The van der Waals surface area contributed by atoms with E-state index in [2.05, 4.69) is 318 Å². The van der Waals surface area contributed by atoms with Crippen molar-refractivity contribution < 1.29 is 14.2 Å². The lowest BCUT2D eigenvalue weighted by Crippen LogP contribution is -2.55. The number of ether oxygens (including phenoxy) is 3. The van der Waals surface area contributed by atoms with E-state index < -0.39 is 0 Å². The van der Waals surface area contributed by atoms with Gasteiger partial charge < -0.3 is 84.9 Å². The molecule has 0 amide bonds. The Hall–Kier alpha value is -8.38. The van der Waals surface area contributed by atoms with Crippen LogP contribution in [0.5, 0.6) is 0 Å². The summed E-state index contributed by atoms with van der Waals surface area (Å²) in [5.74, 6) is 7.43. The third-order valence-electron chi connectivity index (χ3n) is 20.1. The Morgan fingerprint density at radius 3 is 1.05 bits per heavy atom. The van der Waals surface area contributed by atoms with Gasteiger partial charge in [0.2, 0.25) is 30.7 Å². The maximum absolute atomic E-state index is 8.52. The summed E-state index contributed by atoms with van der Waals surface area (Å²) in [6, 6.07) is 1.23. The van der Waals surface area contributed by atoms with E-state index in [-0.39, 0.29) is 60.9 Å². The van der Waals surface area contributed by atoms with E-state index in [1.807, 2.05) is 40.3 Å². The Bertz CT molecular complexity index is 3720. The van der Waals surface area contributed by atoms with Gasteiger partial charge in [-0.2, -0.15) is 26.3 Å². The van der Waals surface area contributed by atoms with Crippen molar-refractivity contribution in [2.75, 3.05) is 148 Å². The zero-order valence-electron chi connectivity index (χ0n) is 84.5. The van der Waals surface area contributed by atoms with Crippen molar-refractivity contribution in [2.45, 2.75) is 328 Å². The van der Waals surface area contributed by atoms with E-state index >= 15 is 0 Å². The van der Waals surface area contributed by atoms with Crippen molar-refractivity contribution in [1.82, 2.24) is 64.5 Å². The van der Waals surface area contributed by atoms with Crippen molar-refractivity contribution in [3.8, 4) is 31.0 Å². The van der Waals surface area contributed by atoms with E-state index in [1.165, 1.54) is 19.3 Å². The summed E-state index contributed by atoms with van der Waals surface area (Å²) in [5.41, 5.74) is 12.2. The number of guanidine groups is 4. The lowest BCUT2D eigenvalue weighted by atomic mass is 10.1. The van der Waals surface area contributed by atoms with Gasteiger partial charge in [-0.1, -0.05) is 47.0 Å². The van der Waals surface area contributed by atoms with E-state index in [1.54, 1.807) is 59.4 Å². The van der Waals surface area contributed by atoms with Crippen LogP contribution in [0.15, 0.2) is 39.9 Å². The first-order chi connectivity index (χ1) is 58.4. The van der Waals surface area contributed by atoms with Crippen molar-refractivity contribution >= 4 is 110 Å². The van der Waals surface area contributed by atoms with Gasteiger partial charge in [0.1, 0.15) is 6.61 Å². The van der Waals surface area contributed by atoms with Crippen LogP contribution in [0.3, 0.4) is 0 Å².